The van der Waals surface area contributed by atoms with Gasteiger partial charge in [-0.05, 0) is 12.0 Å². The molecule has 16 heavy (non-hydrogen) atoms. The molecule has 0 aromatic rings. The molecule has 0 amide bonds. The summed E-state index contributed by atoms with van der Waals surface area (Å²) < 4.78 is 10.2. The standard InChI is InChI=1S/C9H19N3O4/c1-2-8(13)6-15-3-4-16-7-9(14)5-11-12-10/h8-9,13-14H,2-7H2,1H3. The highest BCUT2D eigenvalue weighted by molar-refractivity contribution is 4.57. The van der Waals surface area contributed by atoms with E-state index in [1.807, 2.05) is 6.92 Å². The van der Waals surface area contributed by atoms with Crippen molar-refractivity contribution in [3.63, 3.8) is 0 Å². The molecule has 0 aliphatic heterocycles. The number of aliphatic hydroxyl groups is 2. The molecule has 2 atom stereocenters. The first-order valence-corrected chi connectivity index (χ1v) is 5.23. The van der Waals surface area contributed by atoms with Crippen molar-refractivity contribution in [2.24, 2.45) is 5.11 Å². The maximum absolute atomic E-state index is 9.19. The van der Waals surface area contributed by atoms with Crippen molar-refractivity contribution in [3.05, 3.63) is 10.4 Å². The van der Waals surface area contributed by atoms with Crippen molar-refractivity contribution >= 4 is 0 Å². The minimum Gasteiger partial charge on any atom is -0.391 e. The van der Waals surface area contributed by atoms with E-state index in [0.29, 0.717) is 26.2 Å². The second-order valence-electron chi connectivity index (χ2n) is 3.28. The molecule has 0 spiro atoms. The highest BCUT2D eigenvalue weighted by atomic mass is 16.5. The molecule has 0 aromatic carbocycles. The molecule has 0 fully saturated rings. The van der Waals surface area contributed by atoms with Crippen molar-refractivity contribution in [1.82, 2.24) is 0 Å². The third kappa shape index (κ3) is 9.70. The van der Waals surface area contributed by atoms with E-state index in [4.69, 9.17) is 20.1 Å². The molecule has 0 radical (unpaired) electrons. The minimum atomic E-state index is -0.780. The van der Waals surface area contributed by atoms with E-state index in [1.54, 1.807) is 0 Å². The van der Waals surface area contributed by atoms with Crippen LogP contribution in [0.2, 0.25) is 0 Å². The van der Waals surface area contributed by atoms with E-state index in [2.05, 4.69) is 10.0 Å². The van der Waals surface area contributed by atoms with Crippen LogP contribution >= 0.6 is 0 Å². The van der Waals surface area contributed by atoms with Crippen LogP contribution in [0.3, 0.4) is 0 Å². The van der Waals surface area contributed by atoms with Crippen LogP contribution < -0.4 is 0 Å². The van der Waals surface area contributed by atoms with Crippen LogP contribution in [0.5, 0.6) is 0 Å². The van der Waals surface area contributed by atoms with E-state index >= 15 is 0 Å². The first-order chi connectivity index (χ1) is 7.70. The highest BCUT2D eigenvalue weighted by Crippen LogP contribution is 1.91. The first kappa shape index (κ1) is 15.2. The van der Waals surface area contributed by atoms with Gasteiger partial charge in [-0.3, -0.25) is 0 Å². The van der Waals surface area contributed by atoms with Crippen LogP contribution in [0.15, 0.2) is 5.11 Å². The van der Waals surface area contributed by atoms with Gasteiger partial charge in [-0.25, -0.2) is 0 Å². The SMILES string of the molecule is CCC(O)COCCOCC(O)CN=[N+]=[N-]. The lowest BCUT2D eigenvalue weighted by Gasteiger charge is -2.10. The molecule has 2 unspecified atom stereocenters. The summed E-state index contributed by atoms with van der Waals surface area (Å²) >= 11 is 0. The normalized spacial score (nSPS) is 14.2. The topological polar surface area (TPSA) is 108 Å². The summed E-state index contributed by atoms with van der Waals surface area (Å²) in [5, 5.41) is 21.5. The van der Waals surface area contributed by atoms with Crippen LogP contribution in [-0.2, 0) is 9.47 Å². The maximum atomic E-state index is 9.19. The van der Waals surface area contributed by atoms with Gasteiger partial charge in [0, 0.05) is 4.91 Å². The predicted octanol–water partition coefficient (Wildman–Crippen LogP) is 0.462. The molecule has 0 aliphatic rings. The Kier molecular flexibility index (Phi) is 10.1. The summed E-state index contributed by atoms with van der Waals surface area (Å²) in [6, 6.07) is 0. The lowest BCUT2D eigenvalue weighted by Crippen LogP contribution is -2.21. The van der Waals surface area contributed by atoms with Gasteiger partial charge in [-0.15, -0.1) is 0 Å². The molecule has 7 nitrogen and oxygen atoms in total. The number of nitrogens with zero attached hydrogens (tertiary/aromatic N) is 3. The Balaban J connectivity index is 3.23. The third-order valence-electron chi connectivity index (χ3n) is 1.82. The monoisotopic (exact) mass is 233 g/mol. The average Bonchev–Trinajstić information content (AvgIpc) is 2.30. The zero-order valence-electron chi connectivity index (χ0n) is 9.45. The number of aliphatic hydroxyl groups excluding tert-OH is 2. The highest BCUT2D eigenvalue weighted by Gasteiger charge is 2.03. The van der Waals surface area contributed by atoms with Gasteiger partial charge < -0.3 is 19.7 Å². The lowest BCUT2D eigenvalue weighted by atomic mass is 10.3. The molecule has 0 aliphatic carbocycles. The minimum absolute atomic E-state index is 0.00586. The second-order valence-corrected chi connectivity index (χ2v) is 3.28. The molecule has 0 rings (SSSR count). The molecule has 94 valence electrons. The van der Waals surface area contributed by atoms with E-state index in [0.717, 1.165) is 0 Å². The van der Waals surface area contributed by atoms with Crippen LogP contribution in [0.4, 0.5) is 0 Å². The van der Waals surface area contributed by atoms with Crippen molar-refractivity contribution in [2.45, 2.75) is 25.6 Å². The molecular formula is C9H19N3O4. The summed E-state index contributed by atoms with van der Waals surface area (Å²) in [4.78, 5) is 2.52. The first-order valence-electron chi connectivity index (χ1n) is 5.23. The number of azide groups is 1. The molecule has 2 N–H and O–H groups in total. The zero-order chi connectivity index (χ0) is 12.2. The van der Waals surface area contributed by atoms with E-state index in [9.17, 15) is 5.11 Å². The number of hydrogen-bond donors (Lipinski definition) is 2. The van der Waals surface area contributed by atoms with E-state index in [-0.39, 0.29) is 13.2 Å². The van der Waals surface area contributed by atoms with Crippen LogP contribution in [0.25, 0.3) is 10.4 Å². The van der Waals surface area contributed by atoms with Gasteiger partial charge in [0.05, 0.1) is 45.2 Å². The average molecular weight is 233 g/mol. The summed E-state index contributed by atoms with van der Waals surface area (Å²) in [7, 11) is 0. The molecule has 0 aromatic heterocycles. The number of ether oxygens (including phenoxy) is 2. The quantitative estimate of drug-likeness (QED) is 0.247. The van der Waals surface area contributed by atoms with Gasteiger partial charge in [0.1, 0.15) is 0 Å². The fourth-order valence-corrected chi connectivity index (χ4v) is 0.858. The van der Waals surface area contributed by atoms with E-state index < -0.39 is 12.2 Å². The van der Waals surface area contributed by atoms with Crippen LogP contribution in [-0.4, -0.2) is 55.4 Å². The zero-order valence-corrected chi connectivity index (χ0v) is 9.45. The Morgan fingerprint density at radius 2 is 1.75 bits per heavy atom. The van der Waals surface area contributed by atoms with Gasteiger partial charge in [-0.1, -0.05) is 12.0 Å². The number of rotatable bonds is 10. The largest absolute Gasteiger partial charge is 0.391 e. The summed E-state index contributed by atoms with van der Waals surface area (Å²) in [5.41, 5.74) is 7.99. The van der Waals surface area contributed by atoms with Crippen LogP contribution in [0.1, 0.15) is 13.3 Å². The summed E-state index contributed by atoms with van der Waals surface area (Å²) in [5.74, 6) is 0. The maximum Gasteiger partial charge on any atom is 0.0829 e. The molecular weight excluding hydrogens is 214 g/mol. The lowest BCUT2D eigenvalue weighted by molar-refractivity contribution is -0.0156. The van der Waals surface area contributed by atoms with Crippen molar-refractivity contribution < 1.29 is 19.7 Å². The summed E-state index contributed by atoms with van der Waals surface area (Å²) in [6.07, 6.45) is -0.557. The second kappa shape index (κ2) is 10.7. The fraction of sp³-hybridized carbons (Fsp3) is 1.00. The van der Waals surface area contributed by atoms with Crippen molar-refractivity contribution in [2.75, 3.05) is 33.0 Å². The van der Waals surface area contributed by atoms with Crippen LogP contribution in [0, 0.1) is 0 Å². The Labute approximate surface area is 94.6 Å². The van der Waals surface area contributed by atoms with Crippen molar-refractivity contribution in [3.8, 4) is 0 Å². The molecule has 0 saturated carbocycles. The van der Waals surface area contributed by atoms with E-state index in [1.165, 1.54) is 0 Å². The van der Waals surface area contributed by atoms with Gasteiger partial charge in [0.2, 0.25) is 0 Å². The molecule has 0 heterocycles. The molecule has 7 heteroatoms. The molecule has 0 saturated heterocycles. The van der Waals surface area contributed by atoms with Gasteiger partial charge >= 0.3 is 0 Å². The molecule has 0 bridgehead atoms. The Hall–Kier alpha value is -0.850. The Morgan fingerprint density at radius 3 is 2.25 bits per heavy atom. The smallest absolute Gasteiger partial charge is 0.0829 e. The van der Waals surface area contributed by atoms with Gasteiger partial charge in [0.25, 0.3) is 0 Å². The summed E-state index contributed by atoms with van der Waals surface area (Å²) in [6.45, 7) is 2.98. The fourth-order valence-electron chi connectivity index (χ4n) is 0.858. The van der Waals surface area contributed by atoms with Crippen molar-refractivity contribution in [1.29, 1.82) is 0 Å². The number of hydrogen-bond acceptors (Lipinski definition) is 5. The predicted molar refractivity (Wildman–Crippen MR) is 58.0 cm³/mol. The Morgan fingerprint density at radius 1 is 1.19 bits per heavy atom. The Bertz CT molecular complexity index is 209. The van der Waals surface area contributed by atoms with Gasteiger partial charge in [0.15, 0.2) is 0 Å². The third-order valence-corrected chi connectivity index (χ3v) is 1.82. The van der Waals surface area contributed by atoms with Gasteiger partial charge in [-0.2, -0.15) is 0 Å².